The van der Waals surface area contributed by atoms with Crippen LogP contribution in [0.25, 0.3) is 0 Å². The van der Waals surface area contributed by atoms with Crippen molar-refractivity contribution in [2.75, 3.05) is 0 Å². The molecule has 0 aromatic heterocycles. The van der Waals surface area contributed by atoms with Gasteiger partial charge in [-0.25, -0.2) is 8.78 Å². The monoisotopic (exact) mass is 166 g/mol. The van der Waals surface area contributed by atoms with E-state index in [1.165, 1.54) is 6.42 Å². The number of halogens is 2. The third-order valence-corrected chi connectivity index (χ3v) is 0.969. The van der Waals surface area contributed by atoms with Crippen molar-refractivity contribution in [3.8, 4) is 0 Å². The van der Waals surface area contributed by atoms with Crippen LogP contribution in [-0.4, -0.2) is 5.92 Å². The first-order valence-corrected chi connectivity index (χ1v) is 4.35. The normalized spacial score (nSPS) is 10.4. The second-order valence-electron chi connectivity index (χ2n) is 2.88. The van der Waals surface area contributed by atoms with Crippen LogP contribution in [0.5, 0.6) is 0 Å². The van der Waals surface area contributed by atoms with E-state index in [1.807, 2.05) is 6.92 Å². The number of hydrogen-bond donors (Lipinski definition) is 0. The molecule has 70 valence electrons. The molecule has 0 spiro atoms. The molecule has 2 heteroatoms. The molecule has 0 aliphatic carbocycles. The zero-order chi connectivity index (χ0) is 9.33. The van der Waals surface area contributed by atoms with Crippen molar-refractivity contribution in [1.29, 1.82) is 0 Å². The number of rotatable bonds is 3. The van der Waals surface area contributed by atoms with Crippen molar-refractivity contribution in [3.63, 3.8) is 0 Å². The summed E-state index contributed by atoms with van der Waals surface area (Å²) in [5.74, 6) is -2.45. The Morgan fingerprint density at radius 3 is 1.55 bits per heavy atom. The molecule has 0 saturated carbocycles. The molecular weight excluding hydrogens is 146 g/mol. The van der Waals surface area contributed by atoms with E-state index in [4.69, 9.17) is 0 Å². The van der Waals surface area contributed by atoms with Crippen molar-refractivity contribution in [1.82, 2.24) is 0 Å². The molecule has 11 heavy (non-hydrogen) atoms. The van der Waals surface area contributed by atoms with E-state index in [0.29, 0.717) is 6.42 Å². The van der Waals surface area contributed by atoms with Crippen molar-refractivity contribution >= 4 is 0 Å². The largest absolute Gasteiger partial charge is 0.245 e. The molecule has 0 bridgehead atoms. The molecule has 0 nitrogen and oxygen atoms in total. The molecule has 0 radical (unpaired) electrons. The van der Waals surface area contributed by atoms with E-state index in [2.05, 4.69) is 13.8 Å². The Kier molecular flexibility index (Phi) is 9.73. The minimum absolute atomic E-state index is 0.0312. The molecule has 0 amide bonds. The summed E-state index contributed by atoms with van der Waals surface area (Å²) in [7, 11) is 0. The summed E-state index contributed by atoms with van der Waals surface area (Å²) >= 11 is 0. The van der Waals surface area contributed by atoms with Gasteiger partial charge in [-0.1, -0.05) is 33.6 Å². The van der Waals surface area contributed by atoms with Crippen LogP contribution < -0.4 is 0 Å². The highest BCUT2D eigenvalue weighted by atomic mass is 19.3. The predicted octanol–water partition coefficient (Wildman–Crippen LogP) is 4.25. The van der Waals surface area contributed by atoms with Crippen LogP contribution in [0.3, 0.4) is 0 Å². The fourth-order valence-electron chi connectivity index (χ4n) is 0.487. The Labute approximate surface area is 69.0 Å². The van der Waals surface area contributed by atoms with Crippen LogP contribution in [0.2, 0.25) is 0 Å². The van der Waals surface area contributed by atoms with Gasteiger partial charge in [-0.2, -0.15) is 0 Å². The highest BCUT2D eigenvalue weighted by Gasteiger charge is 2.18. The van der Waals surface area contributed by atoms with E-state index in [0.717, 1.165) is 13.3 Å². The van der Waals surface area contributed by atoms with Gasteiger partial charge in [-0.05, 0) is 13.3 Å². The van der Waals surface area contributed by atoms with E-state index < -0.39 is 5.92 Å². The first-order valence-electron chi connectivity index (χ1n) is 4.35. The highest BCUT2D eigenvalue weighted by Crippen LogP contribution is 2.18. The minimum Gasteiger partial charge on any atom is -0.207 e. The predicted molar refractivity (Wildman–Crippen MR) is 46.1 cm³/mol. The Balaban J connectivity index is 0. The summed E-state index contributed by atoms with van der Waals surface area (Å²) in [6.07, 6.45) is 2.76. The van der Waals surface area contributed by atoms with Gasteiger partial charge in [-0.3, -0.25) is 0 Å². The molecule has 0 aromatic carbocycles. The Hall–Kier alpha value is -0.140. The van der Waals surface area contributed by atoms with E-state index in [-0.39, 0.29) is 6.42 Å². The van der Waals surface area contributed by atoms with Crippen molar-refractivity contribution in [2.45, 2.75) is 59.3 Å². The lowest BCUT2D eigenvalue weighted by atomic mass is 10.2. The van der Waals surface area contributed by atoms with Crippen LogP contribution in [0.15, 0.2) is 0 Å². The molecule has 0 heterocycles. The fraction of sp³-hybridized carbons (Fsp3) is 1.00. The summed E-state index contributed by atoms with van der Waals surface area (Å²) in [5, 5.41) is 0. The first kappa shape index (κ1) is 13.4. The van der Waals surface area contributed by atoms with Gasteiger partial charge in [0.1, 0.15) is 0 Å². The maximum atomic E-state index is 11.9. The van der Waals surface area contributed by atoms with Crippen molar-refractivity contribution in [2.24, 2.45) is 0 Å². The summed E-state index contributed by atoms with van der Waals surface area (Å²) in [6, 6.07) is 0. The lowest BCUT2D eigenvalue weighted by molar-refractivity contribution is 0.0108. The van der Waals surface area contributed by atoms with Gasteiger partial charge in [-0.15, -0.1) is 0 Å². The Bertz CT molecular complexity index is 64.5. The second-order valence-corrected chi connectivity index (χ2v) is 2.88. The van der Waals surface area contributed by atoms with Crippen molar-refractivity contribution in [3.05, 3.63) is 0 Å². The van der Waals surface area contributed by atoms with Gasteiger partial charge in [0.05, 0.1) is 0 Å². The van der Waals surface area contributed by atoms with Crippen molar-refractivity contribution < 1.29 is 8.78 Å². The Morgan fingerprint density at radius 2 is 1.45 bits per heavy atom. The number of unbranched alkanes of at least 4 members (excludes halogenated alkanes) is 1. The van der Waals surface area contributed by atoms with E-state index in [9.17, 15) is 8.78 Å². The van der Waals surface area contributed by atoms with Gasteiger partial charge < -0.3 is 0 Å². The quantitative estimate of drug-likeness (QED) is 0.588. The van der Waals surface area contributed by atoms with E-state index >= 15 is 0 Å². The van der Waals surface area contributed by atoms with Crippen LogP contribution in [0.1, 0.15) is 53.4 Å². The van der Waals surface area contributed by atoms with Crippen LogP contribution in [0, 0.1) is 0 Å². The number of alkyl halides is 2. The average Bonchev–Trinajstić information content (AvgIpc) is 1.84. The maximum absolute atomic E-state index is 11.9. The molecule has 0 N–H and O–H groups in total. The van der Waals surface area contributed by atoms with E-state index in [1.54, 1.807) is 0 Å². The molecule has 0 aliphatic heterocycles. The third kappa shape index (κ3) is 25.8. The summed E-state index contributed by atoms with van der Waals surface area (Å²) in [5.41, 5.74) is 0. The summed E-state index contributed by atoms with van der Waals surface area (Å²) in [6.45, 7) is 7.12. The Morgan fingerprint density at radius 1 is 1.09 bits per heavy atom. The molecular formula is C9H20F2. The molecule has 0 fully saturated rings. The van der Waals surface area contributed by atoms with Gasteiger partial charge in [0, 0.05) is 6.42 Å². The molecule has 0 saturated heterocycles. The summed E-state index contributed by atoms with van der Waals surface area (Å²) in [4.78, 5) is 0. The third-order valence-electron chi connectivity index (χ3n) is 0.969. The average molecular weight is 166 g/mol. The highest BCUT2D eigenvalue weighted by molar-refractivity contribution is 4.55. The molecule has 0 atom stereocenters. The first-order chi connectivity index (χ1) is 4.97. The molecule has 0 aliphatic rings. The standard InChI is InChI=1S/C6H12F2.C3H8/c1-3-4-5-6(2,7)8;1-3-2/h3-5H2,1-2H3;3H2,1-2H3. The molecule has 0 unspecified atom stereocenters. The topological polar surface area (TPSA) is 0 Å². The van der Waals surface area contributed by atoms with Crippen LogP contribution in [0.4, 0.5) is 8.78 Å². The van der Waals surface area contributed by atoms with Crippen LogP contribution >= 0.6 is 0 Å². The minimum atomic E-state index is -2.45. The molecule has 0 rings (SSSR count). The summed E-state index contributed by atoms with van der Waals surface area (Å²) < 4.78 is 23.8. The lowest BCUT2D eigenvalue weighted by Gasteiger charge is -2.06. The second kappa shape index (κ2) is 7.96. The SMILES string of the molecule is CCC.CCCCC(C)(F)F. The zero-order valence-electron chi connectivity index (χ0n) is 8.08. The van der Waals surface area contributed by atoms with Crippen LogP contribution in [-0.2, 0) is 0 Å². The van der Waals surface area contributed by atoms with Gasteiger partial charge >= 0.3 is 0 Å². The lowest BCUT2D eigenvalue weighted by Crippen LogP contribution is -2.07. The smallest absolute Gasteiger partial charge is 0.207 e. The van der Waals surface area contributed by atoms with Gasteiger partial charge in [0.15, 0.2) is 0 Å². The number of hydrogen-bond acceptors (Lipinski definition) is 0. The maximum Gasteiger partial charge on any atom is 0.245 e. The van der Waals surface area contributed by atoms with Gasteiger partial charge in [0.2, 0.25) is 5.92 Å². The fourth-order valence-corrected chi connectivity index (χ4v) is 0.487. The molecule has 0 aromatic rings. The van der Waals surface area contributed by atoms with Gasteiger partial charge in [0.25, 0.3) is 0 Å². The zero-order valence-corrected chi connectivity index (χ0v) is 8.08.